The highest BCUT2D eigenvalue weighted by atomic mass is 32.2. The van der Waals surface area contributed by atoms with Crippen LogP contribution < -0.4 is 5.32 Å². The summed E-state index contributed by atoms with van der Waals surface area (Å²) in [4.78, 5) is 10.3. The summed E-state index contributed by atoms with van der Waals surface area (Å²) in [5.74, 6) is 1.41. The molecule has 1 N–H and O–H groups in total. The first-order chi connectivity index (χ1) is 12.4. The maximum atomic E-state index is 11.5. The molecule has 26 heavy (non-hydrogen) atoms. The van der Waals surface area contributed by atoms with Crippen molar-refractivity contribution in [3.8, 4) is 0 Å². The van der Waals surface area contributed by atoms with Crippen molar-refractivity contribution in [3.05, 3.63) is 29.8 Å². The Kier molecular flexibility index (Phi) is 8.24. The van der Waals surface area contributed by atoms with E-state index in [9.17, 15) is 8.42 Å². The van der Waals surface area contributed by atoms with Crippen LogP contribution in [0.1, 0.15) is 12.5 Å². The summed E-state index contributed by atoms with van der Waals surface area (Å²) < 4.78 is 23.0. The van der Waals surface area contributed by atoms with Gasteiger partial charge in [0.15, 0.2) is 15.8 Å². The maximum absolute atomic E-state index is 11.5. The van der Waals surface area contributed by atoms with Crippen molar-refractivity contribution in [2.24, 2.45) is 4.99 Å². The van der Waals surface area contributed by atoms with Crippen LogP contribution in [0.25, 0.3) is 0 Å². The van der Waals surface area contributed by atoms with Crippen LogP contribution >= 0.6 is 11.8 Å². The minimum absolute atomic E-state index is 0.267. The molecule has 1 aliphatic heterocycles. The van der Waals surface area contributed by atoms with Gasteiger partial charge in [0.25, 0.3) is 0 Å². The number of sulfone groups is 1. The van der Waals surface area contributed by atoms with Crippen LogP contribution in [0.4, 0.5) is 0 Å². The Morgan fingerprint density at radius 2 is 1.92 bits per heavy atom. The molecular weight excluding hydrogens is 368 g/mol. The van der Waals surface area contributed by atoms with Crippen molar-refractivity contribution in [2.75, 3.05) is 57.5 Å². The number of hydrogen-bond acceptors (Lipinski definition) is 5. The number of benzene rings is 1. The van der Waals surface area contributed by atoms with Crippen molar-refractivity contribution < 1.29 is 8.42 Å². The molecule has 1 fully saturated rings. The molecule has 2 rings (SSSR count). The molecule has 0 aliphatic carbocycles. The normalized spacial score (nSPS) is 17.9. The number of hydrogen-bond donors (Lipinski definition) is 1. The zero-order valence-corrected chi connectivity index (χ0v) is 17.6. The average Bonchev–Trinajstić information content (AvgIpc) is 2.63. The summed E-state index contributed by atoms with van der Waals surface area (Å²) in [6.07, 6.45) is 2.08. The maximum Gasteiger partial charge on any atom is 0.194 e. The molecule has 0 unspecified atom stereocenters. The van der Waals surface area contributed by atoms with Crippen LogP contribution in [-0.4, -0.2) is 81.7 Å². The Bertz CT molecular complexity index is 676. The van der Waals surface area contributed by atoms with Gasteiger partial charge in [0.05, 0.1) is 18.1 Å². The van der Waals surface area contributed by atoms with Crippen LogP contribution in [0.5, 0.6) is 0 Å². The first-order valence-electron chi connectivity index (χ1n) is 8.98. The first-order valence-corrected chi connectivity index (χ1v) is 12.0. The second-order valence-electron chi connectivity index (χ2n) is 6.43. The number of nitrogens with zero attached hydrogens (tertiary/aromatic N) is 3. The molecule has 0 saturated carbocycles. The summed E-state index contributed by atoms with van der Waals surface area (Å²) in [5, 5.41) is 3.33. The minimum Gasteiger partial charge on any atom is -0.357 e. The predicted molar refractivity (Wildman–Crippen MR) is 111 cm³/mol. The van der Waals surface area contributed by atoms with Gasteiger partial charge in [-0.3, -0.25) is 9.89 Å². The molecular formula is C18H30N4O2S2. The SMILES string of the molecule is CCNC(=NCCN1CCS(=O)(=O)CC1)N(C)Cc1ccc(SC)cc1. The van der Waals surface area contributed by atoms with E-state index < -0.39 is 9.84 Å². The van der Waals surface area contributed by atoms with Crippen LogP contribution in [0.2, 0.25) is 0 Å². The highest BCUT2D eigenvalue weighted by Gasteiger charge is 2.20. The largest absolute Gasteiger partial charge is 0.357 e. The van der Waals surface area contributed by atoms with E-state index in [0.717, 1.165) is 25.6 Å². The van der Waals surface area contributed by atoms with E-state index >= 15 is 0 Å². The Morgan fingerprint density at radius 1 is 1.27 bits per heavy atom. The van der Waals surface area contributed by atoms with Gasteiger partial charge in [0.2, 0.25) is 0 Å². The van der Waals surface area contributed by atoms with Crippen molar-refractivity contribution >= 4 is 27.6 Å². The van der Waals surface area contributed by atoms with E-state index in [1.165, 1.54) is 10.5 Å². The lowest BCUT2D eigenvalue weighted by molar-refractivity contribution is 0.303. The third-order valence-corrected chi connectivity index (χ3v) is 6.74. The topological polar surface area (TPSA) is 65.0 Å². The Labute approximate surface area is 162 Å². The van der Waals surface area contributed by atoms with E-state index in [1.807, 2.05) is 7.05 Å². The molecule has 0 radical (unpaired) electrons. The molecule has 1 aromatic rings. The van der Waals surface area contributed by atoms with E-state index in [4.69, 9.17) is 4.99 Å². The number of thioether (sulfide) groups is 1. The number of nitrogens with one attached hydrogen (secondary N) is 1. The van der Waals surface area contributed by atoms with Crippen LogP contribution in [-0.2, 0) is 16.4 Å². The molecule has 0 spiro atoms. The zero-order valence-electron chi connectivity index (χ0n) is 15.9. The van der Waals surface area contributed by atoms with Crippen LogP contribution in [0, 0.1) is 0 Å². The molecule has 0 bridgehead atoms. The van der Waals surface area contributed by atoms with Gasteiger partial charge in [0, 0.05) is 44.7 Å². The Balaban J connectivity index is 1.88. The Hall–Kier alpha value is -1.25. The second-order valence-corrected chi connectivity index (χ2v) is 9.62. The molecule has 1 aromatic carbocycles. The van der Waals surface area contributed by atoms with Gasteiger partial charge in [-0.05, 0) is 30.9 Å². The zero-order chi connectivity index (χ0) is 19.0. The third kappa shape index (κ3) is 6.81. The van der Waals surface area contributed by atoms with E-state index in [-0.39, 0.29) is 11.5 Å². The van der Waals surface area contributed by atoms with Gasteiger partial charge in [-0.25, -0.2) is 8.42 Å². The summed E-state index contributed by atoms with van der Waals surface area (Å²) in [7, 11) is -0.779. The average molecular weight is 399 g/mol. The summed E-state index contributed by atoms with van der Waals surface area (Å²) in [6.45, 7) is 6.36. The molecule has 1 saturated heterocycles. The summed E-state index contributed by atoms with van der Waals surface area (Å²) in [6, 6.07) is 8.59. The molecule has 8 heteroatoms. The fourth-order valence-electron chi connectivity index (χ4n) is 2.82. The smallest absolute Gasteiger partial charge is 0.194 e. The van der Waals surface area contributed by atoms with Gasteiger partial charge in [-0.1, -0.05) is 12.1 Å². The molecule has 1 aliphatic rings. The Morgan fingerprint density at radius 3 is 2.50 bits per heavy atom. The quantitative estimate of drug-likeness (QED) is 0.427. The minimum atomic E-state index is -2.82. The number of aliphatic imine (C=N–C) groups is 1. The molecule has 0 amide bonds. The standard InChI is InChI=1S/C18H30N4O2S2/c1-4-19-18(20-9-10-22-11-13-26(23,24)14-12-22)21(2)15-16-5-7-17(25-3)8-6-16/h5-8H,4,9-15H2,1-3H3,(H,19,20). The molecule has 146 valence electrons. The highest BCUT2D eigenvalue weighted by Crippen LogP contribution is 2.15. The molecule has 0 aromatic heterocycles. The fourth-order valence-corrected chi connectivity index (χ4v) is 4.51. The van der Waals surface area contributed by atoms with Gasteiger partial charge in [-0.2, -0.15) is 0 Å². The monoisotopic (exact) mass is 398 g/mol. The van der Waals surface area contributed by atoms with Gasteiger partial charge >= 0.3 is 0 Å². The lowest BCUT2D eigenvalue weighted by Crippen LogP contribution is -2.42. The third-order valence-electron chi connectivity index (χ3n) is 4.39. The van der Waals surface area contributed by atoms with Crippen LogP contribution in [0.15, 0.2) is 34.2 Å². The van der Waals surface area contributed by atoms with Gasteiger partial charge < -0.3 is 10.2 Å². The fraction of sp³-hybridized carbons (Fsp3) is 0.611. The number of guanidine groups is 1. The van der Waals surface area contributed by atoms with Crippen molar-refractivity contribution in [1.82, 2.24) is 15.1 Å². The number of rotatable bonds is 7. The van der Waals surface area contributed by atoms with E-state index in [0.29, 0.717) is 19.6 Å². The highest BCUT2D eigenvalue weighted by molar-refractivity contribution is 7.98. The summed E-state index contributed by atoms with van der Waals surface area (Å²) >= 11 is 1.74. The predicted octanol–water partition coefficient (Wildman–Crippen LogP) is 1.54. The second kappa shape index (κ2) is 10.2. The van der Waals surface area contributed by atoms with Crippen molar-refractivity contribution in [3.63, 3.8) is 0 Å². The van der Waals surface area contributed by atoms with Crippen LogP contribution in [0.3, 0.4) is 0 Å². The first kappa shape index (κ1) is 21.1. The molecule has 0 atom stereocenters. The molecule has 6 nitrogen and oxygen atoms in total. The van der Waals surface area contributed by atoms with E-state index in [1.54, 1.807) is 11.8 Å². The lowest BCUT2D eigenvalue weighted by Gasteiger charge is -2.26. The van der Waals surface area contributed by atoms with Gasteiger partial charge in [0.1, 0.15) is 0 Å². The lowest BCUT2D eigenvalue weighted by atomic mass is 10.2. The van der Waals surface area contributed by atoms with Crippen molar-refractivity contribution in [1.29, 1.82) is 0 Å². The van der Waals surface area contributed by atoms with Crippen molar-refractivity contribution in [2.45, 2.75) is 18.4 Å². The van der Waals surface area contributed by atoms with Gasteiger partial charge in [-0.15, -0.1) is 11.8 Å². The van der Waals surface area contributed by atoms with E-state index in [2.05, 4.69) is 52.6 Å². The molecule has 1 heterocycles. The summed E-state index contributed by atoms with van der Waals surface area (Å²) in [5.41, 5.74) is 1.25.